The molecule has 32 heavy (non-hydrogen) atoms. The van der Waals surface area contributed by atoms with Gasteiger partial charge in [-0.05, 0) is 42.8 Å². The topological polar surface area (TPSA) is 79.9 Å². The highest BCUT2D eigenvalue weighted by atomic mass is 19.3. The number of rotatable bonds is 5. The van der Waals surface area contributed by atoms with Gasteiger partial charge in [-0.2, -0.15) is 8.78 Å². The zero-order valence-corrected chi connectivity index (χ0v) is 17.1. The number of pyridine rings is 1. The molecular weight excluding hydrogens is 425 g/mol. The van der Waals surface area contributed by atoms with Crippen LogP contribution in [0.4, 0.5) is 13.2 Å². The lowest BCUT2D eigenvalue weighted by Gasteiger charge is -2.25. The van der Waals surface area contributed by atoms with Crippen LogP contribution in [-0.2, 0) is 24.2 Å². The van der Waals surface area contributed by atoms with Gasteiger partial charge in [0.1, 0.15) is 5.82 Å². The molecule has 0 aliphatic carbocycles. The van der Waals surface area contributed by atoms with Crippen LogP contribution in [0.1, 0.15) is 34.7 Å². The Morgan fingerprint density at radius 2 is 2.00 bits per heavy atom. The maximum Gasteiger partial charge on any atom is 0.314 e. The summed E-state index contributed by atoms with van der Waals surface area (Å²) in [5.41, 5.74) is 3.71. The minimum atomic E-state index is -2.90. The number of aromatic nitrogens is 3. The van der Waals surface area contributed by atoms with Crippen LogP contribution in [0.3, 0.4) is 0 Å². The van der Waals surface area contributed by atoms with Crippen molar-refractivity contribution in [2.75, 3.05) is 20.3 Å². The summed E-state index contributed by atoms with van der Waals surface area (Å²) in [7, 11) is 2.10. The minimum Gasteiger partial charge on any atom is -0.453 e. The minimum absolute atomic E-state index is 0.0808. The highest BCUT2D eigenvalue weighted by Crippen LogP contribution is 2.25. The van der Waals surface area contributed by atoms with Crippen molar-refractivity contribution in [2.45, 2.75) is 25.9 Å². The van der Waals surface area contributed by atoms with Crippen molar-refractivity contribution in [3.8, 4) is 11.5 Å². The van der Waals surface area contributed by atoms with Crippen LogP contribution >= 0.6 is 0 Å². The third-order valence-electron chi connectivity index (χ3n) is 5.36. The molecular formula is C21H19F3N6O2. The first-order valence-electron chi connectivity index (χ1n) is 9.99. The van der Waals surface area contributed by atoms with Crippen LogP contribution in [0.15, 0.2) is 40.0 Å². The lowest BCUT2D eigenvalue weighted by molar-refractivity contribution is 0.116. The molecule has 0 bridgehead atoms. The van der Waals surface area contributed by atoms with Gasteiger partial charge in [-0.15, -0.1) is 15.3 Å². The summed E-state index contributed by atoms with van der Waals surface area (Å²) in [4.78, 5) is 6.35. The lowest BCUT2D eigenvalue weighted by Crippen LogP contribution is -2.26. The molecule has 4 heterocycles. The van der Waals surface area contributed by atoms with E-state index in [1.54, 1.807) is 5.01 Å². The van der Waals surface area contributed by atoms with E-state index >= 15 is 0 Å². The normalized spacial score (nSPS) is 16.3. The average molecular weight is 444 g/mol. The van der Waals surface area contributed by atoms with Crippen molar-refractivity contribution >= 4 is 5.90 Å². The molecule has 11 heteroatoms. The quantitative estimate of drug-likeness (QED) is 0.597. The summed E-state index contributed by atoms with van der Waals surface area (Å²) in [5, 5.41) is 12.7. The molecule has 2 aliphatic rings. The molecule has 0 saturated carbocycles. The number of hydrogen-bond donors (Lipinski definition) is 0. The largest absolute Gasteiger partial charge is 0.453 e. The number of hydrogen-bond acceptors (Lipinski definition) is 8. The Kier molecular flexibility index (Phi) is 5.25. The second-order valence-electron chi connectivity index (χ2n) is 7.71. The molecule has 8 nitrogen and oxygen atoms in total. The molecule has 166 valence electrons. The average Bonchev–Trinajstić information content (AvgIpc) is 3.45. The fraction of sp³-hybridized carbons (Fsp3) is 0.333. The Labute approximate surface area is 181 Å². The van der Waals surface area contributed by atoms with Gasteiger partial charge in [-0.3, -0.25) is 9.99 Å². The number of nitrogens with zero attached hydrogens (tertiary/aromatic N) is 6. The first-order chi connectivity index (χ1) is 15.5. The number of alkyl halides is 2. The van der Waals surface area contributed by atoms with Crippen LogP contribution in [0, 0.1) is 5.82 Å². The van der Waals surface area contributed by atoms with Gasteiger partial charge in [0.25, 0.3) is 5.89 Å². The van der Waals surface area contributed by atoms with Crippen molar-refractivity contribution in [2.24, 2.45) is 5.10 Å². The second-order valence-corrected chi connectivity index (χ2v) is 7.71. The van der Waals surface area contributed by atoms with E-state index < -0.39 is 18.1 Å². The number of halogens is 3. The summed E-state index contributed by atoms with van der Waals surface area (Å²) in [5.74, 6) is -1.20. The number of likely N-dealkylation sites (N-methyl/N-ethyl adjacent to an activating group) is 1. The van der Waals surface area contributed by atoms with E-state index in [1.165, 1.54) is 17.3 Å². The molecule has 0 amide bonds. The summed E-state index contributed by atoms with van der Waals surface area (Å²) < 4.78 is 50.3. The summed E-state index contributed by atoms with van der Waals surface area (Å²) >= 11 is 0. The fourth-order valence-corrected chi connectivity index (χ4v) is 3.68. The fourth-order valence-electron chi connectivity index (χ4n) is 3.68. The van der Waals surface area contributed by atoms with Gasteiger partial charge in [0, 0.05) is 24.8 Å². The highest BCUT2D eigenvalue weighted by molar-refractivity contribution is 5.94. The van der Waals surface area contributed by atoms with E-state index in [-0.39, 0.29) is 30.4 Å². The van der Waals surface area contributed by atoms with Crippen LogP contribution in [-0.4, -0.2) is 51.3 Å². The molecule has 0 radical (unpaired) electrons. The highest BCUT2D eigenvalue weighted by Gasteiger charge is 2.22. The summed E-state index contributed by atoms with van der Waals surface area (Å²) in [6.07, 6.45) is -0.632. The van der Waals surface area contributed by atoms with E-state index in [0.29, 0.717) is 5.90 Å². The Bertz CT molecular complexity index is 1180. The summed E-state index contributed by atoms with van der Waals surface area (Å²) in [6, 6.07) is 7.28. The molecule has 0 fully saturated rings. The van der Waals surface area contributed by atoms with Gasteiger partial charge < -0.3 is 14.1 Å². The maximum atomic E-state index is 14.6. The van der Waals surface area contributed by atoms with E-state index in [9.17, 15) is 13.2 Å². The number of benzene rings is 1. The van der Waals surface area contributed by atoms with Gasteiger partial charge in [-0.25, -0.2) is 4.39 Å². The van der Waals surface area contributed by atoms with E-state index in [2.05, 4.69) is 44.4 Å². The van der Waals surface area contributed by atoms with Gasteiger partial charge in [0.2, 0.25) is 11.8 Å². The van der Waals surface area contributed by atoms with Crippen molar-refractivity contribution in [1.82, 2.24) is 25.1 Å². The third-order valence-corrected chi connectivity index (χ3v) is 5.36. The molecule has 0 N–H and O–H groups in total. The zero-order chi connectivity index (χ0) is 22.2. The molecule has 0 spiro atoms. The van der Waals surface area contributed by atoms with Crippen molar-refractivity contribution < 1.29 is 22.3 Å². The summed E-state index contributed by atoms with van der Waals surface area (Å²) in [6.45, 7) is 2.17. The molecule has 5 rings (SSSR count). The van der Waals surface area contributed by atoms with Gasteiger partial charge in [0.05, 0.1) is 17.8 Å². The molecule has 2 aromatic heterocycles. The SMILES string of the molecule is CN1CCc2cc(C3=NN(Cc4ncc(-c5nnc(C(F)F)o5)cc4F)CO3)ccc2C1. The van der Waals surface area contributed by atoms with Crippen LogP contribution in [0.5, 0.6) is 0 Å². The van der Waals surface area contributed by atoms with Crippen molar-refractivity contribution in [1.29, 1.82) is 0 Å². The van der Waals surface area contributed by atoms with Crippen molar-refractivity contribution in [3.05, 3.63) is 64.6 Å². The smallest absolute Gasteiger partial charge is 0.314 e. The Hall–Kier alpha value is -3.47. The molecule has 0 atom stereocenters. The van der Waals surface area contributed by atoms with Gasteiger partial charge >= 0.3 is 6.43 Å². The monoisotopic (exact) mass is 444 g/mol. The predicted molar refractivity (Wildman–Crippen MR) is 107 cm³/mol. The predicted octanol–water partition coefficient (Wildman–Crippen LogP) is 3.35. The van der Waals surface area contributed by atoms with Crippen LogP contribution in [0.25, 0.3) is 11.5 Å². The Morgan fingerprint density at radius 1 is 1.12 bits per heavy atom. The number of ether oxygens (including phenoxy) is 1. The third kappa shape index (κ3) is 4.03. The first-order valence-corrected chi connectivity index (χ1v) is 9.99. The zero-order valence-electron chi connectivity index (χ0n) is 17.1. The van der Waals surface area contributed by atoms with E-state index in [4.69, 9.17) is 9.15 Å². The second kappa shape index (κ2) is 8.23. The molecule has 2 aliphatic heterocycles. The molecule has 0 saturated heterocycles. The van der Waals surface area contributed by atoms with Crippen LogP contribution in [0.2, 0.25) is 0 Å². The number of fused-ring (bicyclic) bond motifs is 1. The van der Waals surface area contributed by atoms with E-state index in [0.717, 1.165) is 31.1 Å². The van der Waals surface area contributed by atoms with E-state index in [1.807, 2.05) is 6.07 Å². The Morgan fingerprint density at radius 3 is 2.78 bits per heavy atom. The number of hydrazone groups is 1. The molecule has 0 unspecified atom stereocenters. The van der Waals surface area contributed by atoms with Crippen LogP contribution < -0.4 is 0 Å². The molecule has 3 aromatic rings. The van der Waals surface area contributed by atoms with Gasteiger partial charge in [-0.1, -0.05) is 6.07 Å². The maximum absolute atomic E-state index is 14.6. The van der Waals surface area contributed by atoms with Crippen molar-refractivity contribution in [3.63, 3.8) is 0 Å². The lowest BCUT2D eigenvalue weighted by atomic mass is 9.97. The standard InChI is InChI=1S/C21H19F3N6O2/c1-29-5-4-12-6-13(2-3-14(12)9-29)20-28-30(11-31-20)10-17-16(22)7-15(8-25-17)19-26-27-21(32-19)18(23)24/h2-3,6-8,18H,4-5,9-11H2,1H3. The van der Waals surface area contributed by atoms with Gasteiger partial charge in [0.15, 0.2) is 6.73 Å². The first kappa shape index (κ1) is 20.4. The molecule has 1 aromatic carbocycles. The Balaban J connectivity index is 1.30.